The summed E-state index contributed by atoms with van der Waals surface area (Å²) in [6.07, 6.45) is 7.73. The number of carboxylic acids is 2. The quantitative estimate of drug-likeness (QED) is 0.0926. The average Bonchev–Trinajstić information content (AvgIpc) is 3.80. The van der Waals surface area contributed by atoms with Gasteiger partial charge in [-0.25, -0.2) is 18.4 Å². The van der Waals surface area contributed by atoms with Gasteiger partial charge in [-0.15, -0.1) is 0 Å². The van der Waals surface area contributed by atoms with E-state index in [1.165, 1.54) is 6.07 Å². The molecule has 0 saturated heterocycles. The van der Waals surface area contributed by atoms with Crippen molar-refractivity contribution in [3.8, 4) is 55.9 Å². The number of ether oxygens (including phenoxy) is 2. The molecule has 2 N–H and O–H groups in total. The zero-order chi connectivity index (χ0) is 45.6. The van der Waals surface area contributed by atoms with Crippen LogP contribution in [0.4, 0.5) is 8.78 Å². The lowest BCUT2D eigenvalue weighted by molar-refractivity contribution is -0.143. The van der Waals surface area contributed by atoms with E-state index in [1.807, 2.05) is 48.0 Å². The molecule has 0 radical (unpaired) electrons. The van der Waals surface area contributed by atoms with E-state index in [9.17, 15) is 14.0 Å². The largest absolute Gasteiger partial charge is 0.480 e. The first-order valence-electron chi connectivity index (χ1n) is 22.6. The SMILES string of the molecule is Cc1nn(CC2CCC(COCC(=O)O)CC2)c(-c2ccc(-c3ccc(-c4nn(CC5CCC(COCC(=O)O)CC5)c(C)c4-c4ccc(Cl)cc4)cc3)cc2)c1-c1cc(F)ccc1F. The predicted octanol–water partition coefficient (Wildman–Crippen LogP) is 11.8. The number of benzene rings is 4. The number of aromatic nitrogens is 4. The van der Waals surface area contributed by atoms with Crippen molar-refractivity contribution in [1.29, 1.82) is 0 Å². The fourth-order valence-corrected chi connectivity index (χ4v) is 9.95. The fourth-order valence-electron chi connectivity index (χ4n) is 9.82. The second-order valence-corrected chi connectivity index (χ2v) is 18.3. The Bertz CT molecular complexity index is 2590. The van der Waals surface area contributed by atoms with E-state index in [0.717, 1.165) is 121 Å². The van der Waals surface area contributed by atoms with Gasteiger partial charge in [0.1, 0.15) is 30.5 Å². The van der Waals surface area contributed by atoms with Crippen LogP contribution >= 0.6 is 11.6 Å². The van der Waals surface area contributed by atoms with Crippen molar-refractivity contribution in [2.45, 2.75) is 78.3 Å². The molecular formula is C52H55ClF2N4O6. The highest BCUT2D eigenvalue weighted by atomic mass is 35.5. The van der Waals surface area contributed by atoms with Gasteiger partial charge < -0.3 is 19.7 Å². The lowest BCUT2D eigenvalue weighted by Crippen LogP contribution is -2.23. The molecule has 0 spiro atoms. The van der Waals surface area contributed by atoms with E-state index in [4.69, 9.17) is 41.5 Å². The van der Waals surface area contributed by atoms with Gasteiger partial charge in [0.2, 0.25) is 0 Å². The Kier molecular flexibility index (Phi) is 14.6. The van der Waals surface area contributed by atoms with Crippen LogP contribution in [0.1, 0.15) is 62.8 Å². The standard InChI is InChI=1S/C52H55ClF2N4O6/c1-32-49(45-25-44(54)23-24-46(45)55)52(59(56-32)27-35-5-9-37(10-6-35)29-65-31-48(62)63)42-17-13-39(14-18-42)38-11-15-41(16-12-38)51-50(40-19-21-43(53)22-20-40)33(2)58(57-51)26-34-3-7-36(8-4-34)28-64-30-47(60)61/h11-25,34-37H,3-10,26-31H2,1-2H3,(H,60,61)(H,62,63). The molecule has 340 valence electrons. The molecule has 0 unspecified atom stereocenters. The van der Waals surface area contributed by atoms with Gasteiger partial charge in [-0.3, -0.25) is 9.36 Å². The molecule has 0 atom stereocenters. The monoisotopic (exact) mass is 904 g/mol. The fraction of sp³-hybridized carbons (Fsp3) is 0.385. The topological polar surface area (TPSA) is 129 Å². The number of aliphatic carboxylic acids is 2. The number of aryl methyl sites for hydroxylation is 1. The van der Waals surface area contributed by atoms with E-state index in [0.29, 0.717) is 59.7 Å². The van der Waals surface area contributed by atoms with Gasteiger partial charge in [0.15, 0.2) is 0 Å². The maximum atomic E-state index is 15.5. The Morgan fingerprint density at radius 3 is 1.63 bits per heavy atom. The second-order valence-electron chi connectivity index (χ2n) is 17.9. The molecule has 65 heavy (non-hydrogen) atoms. The molecule has 0 amide bonds. The van der Waals surface area contributed by atoms with Crippen LogP contribution in [-0.2, 0) is 32.2 Å². The lowest BCUT2D eigenvalue weighted by atomic mass is 9.82. The van der Waals surface area contributed by atoms with Crippen LogP contribution < -0.4 is 0 Å². The average molecular weight is 905 g/mol. The van der Waals surface area contributed by atoms with E-state index in [2.05, 4.69) is 48.0 Å². The molecule has 2 aromatic heterocycles. The third-order valence-electron chi connectivity index (χ3n) is 13.3. The zero-order valence-electron chi connectivity index (χ0n) is 36.8. The Labute approximate surface area is 383 Å². The zero-order valence-corrected chi connectivity index (χ0v) is 37.6. The molecule has 2 fully saturated rings. The van der Waals surface area contributed by atoms with Crippen LogP contribution in [0.2, 0.25) is 5.02 Å². The van der Waals surface area contributed by atoms with Gasteiger partial charge in [0.25, 0.3) is 0 Å². The minimum atomic E-state index is -0.970. The van der Waals surface area contributed by atoms with Gasteiger partial charge in [0.05, 0.1) is 24.6 Å². The molecule has 4 aromatic carbocycles. The first-order valence-corrected chi connectivity index (χ1v) is 22.9. The third kappa shape index (κ3) is 11.1. The molecule has 0 aliphatic heterocycles. The summed E-state index contributed by atoms with van der Waals surface area (Å²) in [5, 5.41) is 28.7. The van der Waals surface area contributed by atoms with Crippen LogP contribution in [-0.4, -0.2) is 68.1 Å². The highest BCUT2D eigenvalue weighted by molar-refractivity contribution is 6.30. The highest BCUT2D eigenvalue weighted by Crippen LogP contribution is 2.41. The first-order chi connectivity index (χ1) is 31.4. The van der Waals surface area contributed by atoms with Crippen LogP contribution in [0.15, 0.2) is 91.0 Å². The van der Waals surface area contributed by atoms with Crippen molar-refractivity contribution < 1.29 is 38.1 Å². The number of hydrogen-bond donors (Lipinski definition) is 2. The minimum absolute atomic E-state index is 0.172. The number of rotatable bonds is 17. The first kappa shape index (κ1) is 45.9. The number of nitrogens with zero attached hydrogens (tertiary/aromatic N) is 4. The normalized spacial score (nSPS) is 18.8. The summed E-state index contributed by atoms with van der Waals surface area (Å²) in [5.74, 6) is -1.52. The Hall–Kier alpha value is -5.69. The molecule has 2 aliphatic carbocycles. The Morgan fingerprint density at radius 1 is 0.615 bits per heavy atom. The molecule has 0 bridgehead atoms. The number of carboxylic acid groups (broad SMARTS) is 2. The van der Waals surface area contributed by atoms with Crippen molar-refractivity contribution in [3.05, 3.63) is 119 Å². The lowest BCUT2D eigenvalue weighted by Gasteiger charge is -2.28. The van der Waals surface area contributed by atoms with Crippen LogP contribution in [0.5, 0.6) is 0 Å². The van der Waals surface area contributed by atoms with Crippen LogP contribution in [0.3, 0.4) is 0 Å². The summed E-state index contributed by atoms with van der Waals surface area (Å²) < 4.78 is 45.0. The summed E-state index contributed by atoms with van der Waals surface area (Å²) in [6.45, 7) is 5.72. The molecule has 2 aliphatic rings. The second kappa shape index (κ2) is 20.6. The van der Waals surface area contributed by atoms with Gasteiger partial charge in [-0.05, 0) is 136 Å². The van der Waals surface area contributed by atoms with Gasteiger partial charge in [-0.2, -0.15) is 10.2 Å². The van der Waals surface area contributed by atoms with Crippen LogP contribution in [0.25, 0.3) is 55.9 Å². The number of carbonyl (C=O) groups is 2. The third-order valence-corrected chi connectivity index (χ3v) is 13.5. The van der Waals surface area contributed by atoms with Crippen molar-refractivity contribution >= 4 is 23.5 Å². The van der Waals surface area contributed by atoms with E-state index in [-0.39, 0.29) is 18.8 Å². The van der Waals surface area contributed by atoms with Crippen LogP contribution in [0, 0.1) is 49.2 Å². The molecule has 2 saturated carbocycles. The predicted molar refractivity (Wildman–Crippen MR) is 247 cm³/mol. The van der Waals surface area contributed by atoms with Crippen molar-refractivity contribution in [3.63, 3.8) is 0 Å². The molecule has 8 rings (SSSR count). The van der Waals surface area contributed by atoms with E-state index >= 15 is 4.39 Å². The summed E-state index contributed by atoms with van der Waals surface area (Å²) in [6, 6.07) is 28.0. The summed E-state index contributed by atoms with van der Waals surface area (Å²) in [5.41, 5.74) is 9.99. The molecule has 2 heterocycles. The van der Waals surface area contributed by atoms with Crippen molar-refractivity contribution in [2.75, 3.05) is 26.4 Å². The van der Waals surface area contributed by atoms with Gasteiger partial charge >= 0.3 is 11.9 Å². The van der Waals surface area contributed by atoms with Crippen molar-refractivity contribution in [2.24, 2.45) is 23.7 Å². The van der Waals surface area contributed by atoms with Crippen molar-refractivity contribution in [1.82, 2.24) is 19.6 Å². The molecule has 10 nitrogen and oxygen atoms in total. The van der Waals surface area contributed by atoms with Gasteiger partial charge in [-0.1, -0.05) is 72.3 Å². The van der Waals surface area contributed by atoms with E-state index in [1.54, 1.807) is 0 Å². The molecule has 13 heteroatoms. The summed E-state index contributed by atoms with van der Waals surface area (Å²) in [4.78, 5) is 21.8. The molecule has 6 aromatic rings. The number of halogens is 3. The summed E-state index contributed by atoms with van der Waals surface area (Å²) >= 11 is 6.32. The number of hydrogen-bond acceptors (Lipinski definition) is 6. The smallest absolute Gasteiger partial charge is 0.329 e. The minimum Gasteiger partial charge on any atom is -0.480 e. The Balaban J connectivity index is 1.03. The maximum Gasteiger partial charge on any atom is 0.329 e. The maximum absolute atomic E-state index is 15.5. The molecular weight excluding hydrogens is 850 g/mol. The Morgan fingerprint density at radius 2 is 1.09 bits per heavy atom. The van der Waals surface area contributed by atoms with E-state index < -0.39 is 23.6 Å². The van der Waals surface area contributed by atoms with Gasteiger partial charge in [0, 0.05) is 51.6 Å². The summed E-state index contributed by atoms with van der Waals surface area (Å²) in [7, 11) is 0. The highest BCUT2D eigenvalue weighted by Gasteiger charge is 2.28.